The van der Waals surface area contributed by atoms with Crippen LogP contribution in [0.5, 0.6) is 5.75 Å². The molecule has 0 radical (unpaired) electrons. The second kappa shape index (κ2) is 10.0. The molecule has 0 bridgehead atoms. The molecule has 1 unspecified atom stereocenters. The summed E-state index contributed by atoms with van der Waals surface area (Å²) in [7, 11) is 1.61. The van der Waals surface area contributed by atoms with Crippen molar-refractivity contribution in [1.82, 2.24) is 14.7 Å². The second-order valence-corrected chi connectivity index (χ2v) is 8.46. The first kappa shape index (κ1) is 21.5. The number of rotatable bonds is 7. The van der Waals surface area contributed by atoms with Gasteiger partial charge in [0, 0.05) is 56.5 Å². The summed E-state index contributed by atoms with van der Waals surface area (Å²) >= 11 is 0. The lowest BCUT2D eigenvalue weighted by atomic mass is 9.97. The van der Waals surface area contributed by atoms with Crippen LogP contribution in [0.15, 0.2) is 18.2 Å². The molecule has 158 valence electrons. The molecule has 0 spiro atoms. The van der Waals surface area contributed by atoms with Crippen molar-refractivity contribution in [3.63, 3.8) is 0 Å². The Hall–Kier alpha value is -1.21. The molecular formula is C22H36FN3O2. The van der Waals surface area contributed by atoms with Gasteiger partial charge < -0.3 is 14.7 Å². The number of methoxy groups -OCH3 is 1. The topological polar surface area (TPSA) is 39.2 Å². The van der Waals surface area contributed by atoms with Crippen LogP contribution in [0.1, 0.15) is 38.7 Å². The molecule has 0 aromatic heterocycles. The van der Waals surface area contributed by atoms with Gasteiger partial charge >= 0.3 is 0 Å². The first-order chi connectivity index (χ1) is 13.5. The van der Waals surface area contributed by atoms with Gasteiger partial charge in [-0.3, -0.25) is 9.80 Å². The van der Waals surface area contributed by atoms with E-state index in [0.717, 1.165) is 39.1 Å². The SMILES string of the molecule is COc1ccc(F)c(CN2CCN(C3CCN(C(C)C)CC3)C(CCO)C2)c1. The minimum Gasteiger partial charge on any atom is -0.497 e. The Morgan fingerprint density at radius 1 is 1.18 bits per heavy atom. The highest BCUT2D eigenvalue weighted by Gasteiger charge is 2.34. The van der Waals surface area contributed by atoms with Gasteiger partial charge in [0.15, 0.2) is 0 Å². The first-order valence-corrected chi connectivity index (χ1v) is 10.7. The number of ether oxygens (including phenoxy) is 1. The average Bonchev–Trinajstić information content (AvgIpc) is 2.70. The molecule has 2 aliphatic rings. The predicted molar refractivity (Wildman–Crippen MR) is 110 cm³/mol. The lowest BCUT2D eigenvalue weighted by Gasteiger charge is -2.48. The fraction of sp³-hybridized carbons (Fsp3) is 0.727. The number of nitrogens with zero attached hydrogens (tertiary/aromatic N) is 3. The van der Waals surface area contributed by atoms with E-state index in [-0.39, 0.29) is 12.4 Å². The number of piperidine rings is 1. The van der Waals surface area contributed by atoms with Gasteiger partial charge in [-0.05, 0) is 64.4 Å². The summed E-state index contributed by atoms with van der Waals surface area (Å²) in [4.78, 5) is 7.49. The monoisotopic (exact) mass is 393 g/mol. The highest BCUT2D eigenvalue weighted by molar-refractivity contribution is 5.29. The van der Waals surface area contributed by atoms with E-state index < -0.39 is 0 Å². The highest BCUT2D eigenvalue weighted by atomic mass is 19.1. The van der Waals surface area contributed by atoms with Gasteiger partial charge in [0.25, 0.3) is 0 Å². The van der Waals surface area contributed by atoms with Crippen molar-refractivity contribution in [2.24, 2.45) is 0 Å². The van der Waals surface area contributed by atoms with E-state index in [1.165, 1.54) is 18.9 Å². The van der Waals surface area contributed by atoms with Crippen LogP contribution < -0.4 is 4.74 Å². The third-order valence-electron chi connectivity index (χ3n) is 6.42. The molecule has 2 saturated heterocycles. The Morgan fingerprint density at radius 2 is 1.93 bits per heavy atom. The molecule has 0 amide bonds. The van der Waals surface area contributed by atoms with Crippen LogP contribution in [0.25, 0.3) is 0 Å². The summed E-state index contributed by atoms with van der Waals surface area (Å²) in [6.45, 7) is 10.4. The molecule has 5 nitrogen and oxygen atoms in total. The van der Waals surface area contributed by atoms with Crippen molar-refractivity contribution in [3.05, 3.63) is 29.6 Å². The fourth-order valence-electron chi connectivity index (χ4n) is 4.74. The van der Waals surface area contributed by atoms with Gasteiger partial charge in [0.1, 0.15) is 11.6 Å². The number of likely N-dealkylation sites (tertiary alicyclic amines) is 1. The van der Waals surface area contributed by atoms with Crippen LogP contribution >= 0.6 is 0 Å². The van der Waals surface area contributed by atoms with Crippen LogP contribution in [0.4, 0.5) is 4.39 Å². The van der Waals surface area contributed by atoms with Crippen molar-refractivity contribution >= 4 is 0 Å². The summed E-state index contributed by atoms with van der Waals surface area (Å²) in [5, 5.41) is 9.61. The second-order valence-electron chi connectivity index (χ2n) is 8.46. The molecule has 2 heterocycles. The standard InChI is InChI=1S/C22H36FN3O2/c1-17(2)25-9-6-19(7-10-25)26-12-11-24(16-20(26)8-13-27)15-18-14-21(28-3)4-5-22(18)23/h4-5,14,17,19-20,27H,6-13,15-16H2,1-3H3. The Bertz CT molecular complexity index is 620. The maximum atomic E-state index is 14.2. The van der Waals surface area contributed by atoms with E-state index in [4.69, 9.17) is 4.74 Å². The quantitative estimate of drug-likeness (QED) is 0.771. The van der Waals surface area contributed by atoms with Crippen molar-refractivity contribution < 1.29 is 14.2 Å². The predicted octanol–water partition coefficient (Wildman–Crippen LogP) is 2.58. The van der Waals surface area contributed by atoms with E-state index in [9.17, 15) is 9.50 Å². The Balaban J connectivity index is 1.61. The van der Waals surface area contributed by atoms with Gasteiger partial charge in [-0.25, -0.2) is 4.39 Å². The van der Waals surface area contributed by atoms with Crippen molar-refractivity contribution in [1.29, 1.82) is 0 Å². The number of halogens is 1. The Kier molecular flexibility index (Phi) is 7.69. The number of piperazine rings is 1. The fourth-order valence-corrected chi connectivity index (χ4v) is 4.74. The molecule has 6 heteroatoms. The molecule has 1 N–H and O–H groups in total. The first-order valence-electron chi connectivity index (χ1n) is 10.7. The van der Waals surface area contributed by atoms with Crippen LogP contribution in [0.2, 0.25) is 0 Å². The van der Waals surface area contributed by atoms with Crippen LogP contribution in [0, 0.1) is 5.82 Å². The summed E-state index contributed by atoms with van der Waals surface area (Å²) in [5.41, 5.74) is 0.681. The molecule has 1 aromatic rings. The number of aliphatic hydroxyl groups excluding tert-OH is 1. The largest absolute Gasteiger partial charge is 0.497 e. The Morgan fingerprint density at radius 3 is 2.57 bits per heavy atom. The number of benzene rings is 1. The minimum atomic E-state index is -0.178. The maximum Gasteiger partial charge on any atom is 0.127 e. The zero-order valence-corrected chi connectivity index (χ0v) is 17.6. The third-order valence-corrected chi connectivity index (χ3v) is 6.42. The lowest BCUT2D eigenvalue weighted by molar-refractivity contribution is -0.000297. The van der Waals surface area contributed by atoms with E-state index in [2.05, 4.69) is 28.5 Å². The summed E-state index contributed by atoms with van der Waals surface area (Å²) in [6.07, 6.45) is 3.18. The molecule has 3 rings (SSSR count). The normalized spacial score (nSPS) is 23.4. The highest BCUT2D eigenvalue weighted by Crippen LogP contribution is 2.26. The van der Waals surface area contributed by atoms with Crippen LogP contribution in [-0.4, -0.2) is 84.4 Å². The molecule has 0 aliphatic carbocycles. The van der Waals surface area contributed by atoms with Gasteiger partial charge in [0.05, 0.1) is 7.11 Å². The minimum absolute atomic E-state index is 0.178. The molecule has 2 aliphatic heterocycles. The van der Waals surface area contributed by atoms with E-state index in [0.29, 0.717) is 36.0 Å². The molecule has 2 fully saturated rings. The zero-order chi connectivity index (χ0) is 20.1. The summed E-state index contributed by atoms with van der Waals surface area (Å²) in [6, 6.07) is 6.49. The molecule has 0 saturated carbocycles. The van der Waals surface area contributed by atoms with E-state index >= 15 is 0 Å². The van der Waals surface area contributed by atoms with Gasteiger partial charge in [0.2, 0.25) is 0 Å². The summed E-state index contributed by atoms with van der Waals surface area (Å²) in [5.74, 6) is 0.516. The molecule has 1 aromatic carbocycles. The third kappa shape index (κ3) is 5.23. The van der Waals surface area contributed by atoms with Gasteiger partial charge in [-0.1, -0.05) is 0 Å². The molecule has 28 heavy (non-hydrogen) atoms. The molecular weight excluding hydrogens is 357 g/mol. The summed E-state index contributed by atoms with van der Waals surface area (Å²) < 4.78 is 19.5. The van der Waals surface area contributed by atoms with Gasteiger partial charge in [-0.2, -0.15) is 0 Å². The van der Waals surface area contributed by atoms with Gasteiger partial charge in [-0.15, -0.1) is 0 Å². The lowest BCUT2D eigenvalue weighted by Crippen LogP contribution is -2.58. The van der Waals surface area contributed by atoms with Crippen molar-refractivity contribution in [2.75, 3.05) is 46.4 Å². The zero-order valence-electron chi connectivity index (χ0n) is 17.6. The average molecular weight is 394 g/mol. The molecule has 1 atom stereocenters. The number of hydrogen-bond donors (Lipinski definition) is 1. The van der Waals surface area contributed by atoms with Crippen molar-refractivity contribution in [2.45, 2.75) is 57.8 Å². The number of hydrogen-bond acceptors (Lipinski definition) is 5. The maximum absolute atomic E-state index is 14.2. The van der Waals surface area contributed by atoms with Crippen LogP contribution in [-0.2, 0) is 6.54 Å². The smallest absolute Gasteiger partial charge is 0.127 e. The van der Waals surface area contributed by atoms with E-state index in [1.807, 2.05) is 0 Å². The Labute approximate surface area is 169 Å². The van der Waals surface area contributed by atoms with Crippen molar-refractivity contribution in [3.8, 4) is 5.75 Å². The van der Waals surface area contributed by atoms with Crippen LogP contribution in [0.3, 0.4) is 0 Å². The number of aliphatic hydroxyl groups is 1. The van der Waals surface area contributed by atoms with E-state index in [1.54, 1.807) is 19.2 Å².